The molecule has 0 aromatic heterocycles. The molecule has 2 aromatic rings. The molecule has 0 spiro atoms. The van der Waals surface area contributed by atoms with Crippen molar-refractivity contribution in [1.29, 1.82) is 0 Å². The van der Waals surface area contributed by atoms with Gasteiger partial charge in [-0.3, -0.25) is 0 Å². The number of urea groups is 1. The fourth-order valence-electron chi connectivity index (χ4n) is 2.08. The van der Waals surface area contributed by atoms with E-state index in [1.807, 2.05) is 67.6 Å². The Morgan fingerprint density at radius 3 is 2.35 bits per heavy atom. The van der Waals surface area contributed by atoms with Crippen LogP contribution in [0.15, 0.2) is 59.7 Å². The summed E-state index contributed by atoms with van der Waals surface area (Å²) in [7, 11) is 1.63. The number of rotatable bonds is 5. The van der Waals surface area contributed by atoms with Crippen LogP contribution in [-0.2, 0) is 0 Å². The van der Waals surface area contributed by atoms with Gasteiger partial charge >= 0.3 is 6.03 Å². The number of carbonyl (C=O) groups excluding carboxylic acids is 1. The number of allylic oxidation sites excluding steroid dienone is 1. The van der Waals surface area contributed by atoms with Gasteiger partial charge in [-0.2, -0.15) is 5.10 Å². The standard InChI is InChI=1S/C18H19N3O2/c1-13(20-21-18(19)22)17(15-6-4-3-5-7-15)12-14-8-10-16(23-2)11-9-14/h3-12H,1-2H3,(H3,19,21,22). The summed E-state index contributed by atoms with van der Waals surface area (Å²) in [5.41, 5.74) is 10.9. The summed E-state index contributed by atoms with van der Waals surface area (Å²) in [6.07, 6.45) is 2.00. The maximum Gasteiger partial charge on any atom is 0.332 e. The number of ether oxygens (including phenoxy) is 1. The summed E-state index contributed by atoms with van der Waals surface area (Å²) in [5, 5.41) is 4.03. The maximum atomic E-state index is 10.9. The van der Waals surface area contributed by atoms with Crippen LogP contribution in [0.4, 0.5) is 4.79 Å². The third-order valence-electron chi connectivity index (χ3n) is 3.24. The van der Waals surface area contributed by atoms with Crippen molar-refractivity contribution >= 4 is 23.4 Å². The third-order valence-corrected chi connectivity index (χ3v) is 3.24. The van der Waals surface area contributed by atoms with E-state index >= 15 is 0 Å². The monoisotopic (exact) mass is 309 g/mol. The molecule has 5 heteroatoms. The van der Waals surface area contributed by atoms with Gasteiger partial charge in [0.25, 0.3) is 0 Å². The van der Waals surface area contributed by atoms with Gasteiger partial charge in [-0.15, -0.1) is 0 Å². The van der Waals surface area contributed by atoms with Gasteiger partial charge in [0.2, 0.25) is 0 Å². The fourth-order valence-corrected chi connectivity index (χ4v) is 2.08. The number of nitrogens with zero attached hydrogens (tertiary/aromatic N) is 1. The lowest BCUT2D eigenvalue weighted by atomic mass is 9.99. The smallest absolute Gasteiger partial charge is 0.332 e. The van der Waals surface area contributed by atoms with Gasteiger partial charge in [0.05, 0.1) is 12.8 Å². The molecule has 0 aliphatic heterocycles. The van der Waals surface area contributed by atoms with Crippen molar-refractivity contribution in [3.63, 3.8) is 0 Å². The first kappa shape index (κ1) is 16.3. The SMILES string of the molecule is COc1ccc(C=C(C(C)=NNC(N)=O)c2ccccc2)cc1. The third kappa shape index (κ3) is 4.71. The van der Waals surface area contributed by atoms with Crippen molar-refractivity contribution in [1.82, 2.24) is 5.43 Å². The van der Waals surface area contributed by atoms with E-state index in [4.69, 9.17) is 10.5 Å². The molecule has 0 saturated heterocycles. The van der Waals surface area contributed by atoms with Crippen LogP contribution in [0, 0.1) is 0 Å². The van der Waals surface area contributed by atoms with Crippen LogP contribution < -0.4 is 15.9 Å². The fraction of sp³-hybridized carbons (Fsp3) is 0.111. The number of amides is 2. The number of hydrogen-bond acceptors (Lipinski definition) is 3. The first-order chi connectivity index (χ1) is 11.1. The van der Waals surface area contributed by atoms with Crippen molar-refractivity contribution in [2.45, 2.75) is 6.92 Å². The molecule has 3 N–H and O–H groups in total. The first-order valence-electron chi connectivity index (χ1n) is 7.11. The second-order valence-corrected chi connectivity index (χ2v) is 4.87. The predicted octanol–water partition coefficient (Wildman–Crippen LogP) is 3.28. The van der Waals surface area contributed by atoms with E-state index in [0.29, 0.717) is 5.71 Å². The van der Waals surface area contributed by atoms with Crippen LogP contribution in [0.25, 0.3) is 11.6 Å². The number of nitrogens with one attached hydrogen (secondary N) is 1. The van der Waals surface area contributed by atoms with Crippen molar-refractivity contribution in [2.75, 3.05) is 7.11 Å². The van der Waals surface area contributed by atoms with E-state index in [2.05, 4.69) is 10.5 Å². The second kappa shape index (κ2) is 7.79. The summed E-state index contributed by atoms with van der Waals surface area (Å²) >= 11 is 0. The van der Waals surface area contributed by atoms with Gasteiger partial charge in [0.1, 0.15) is 5.75 Å². The minimum atomic E-state index is -0.693. The van der Waals surface area contributed by atoms with Crippen LogP contribution in [0.3, 0.4) is 0 Å². The molecule has 5 nitrogen and oxygen atoms in total. The molecule has 118 valence electrons. The molecule has 0 saturated carbocycles. The van der Waals surface area contributed by atoms with Gasteiger partial charge in [0, 0.05) is 5.57 Å². The zero-order valence-corrected chi connectivity index (χ0v) is 13.1. The van der Waals surface area contributed by atoms with Crippen molar-refractivity contribution in [3.8, 4) is 5.75 Å². The number of hydrazone groups is 1. The van der Waals surface area contributed by atoms with Gasteiger partial charge in [-0.05, 0) is 36.3 Å². The van der Waals surface area contributed by atoms with E-state index in [1.54, 1.807) is 7.11 Å². The van der Waals surface area contributed by atoms with E-state index in [9.17, 15) is 4.79 Å². The second-order valence-electron chi connectivity index (χ2n) is 4.87. The van der Waals surface area contributed by atoms with Gasteiger partial charge in [0.15, 0.2) is 0 Å². The van der Waals surface area contributed by atoms with Crippen molar-refractivity contribution in [2.24, 2.45) is 10.8 Å². The van der Waals surface area contributed by atoms with Crippen molar-refractivity contribution < 1.29 is 9.53 Å². The highest BCUT2D eigenvalue weighted by Gasteiger charge is 2.06. The van der Waals surface area contributed by atoms with Gasteiger partial charge in [-0.1, -0.05) is 42.5 Å². The predicted molar refractivity (Wildman–Crippen MR) is 93.1 cm³/mol. The van der Waals surface area contributed by atoms with Crippen LogP contribution in [-0.4, -0.2) is 18.9 Å². The lowest BCUT2D eigenvalue weighted by Crippen LogP contribution is -2.25. The summed E-state index contributed by atoms with van der Waals surface area (Å²) in [5.74, 6) is 0.796. The Morgan fingerprint density at radius 1 is 1.13 bits per heavy atom. The largest absolute Gasteiger partial charge is 0.497 e. The average molecular weight is 309 g/mol. The molecule has 0 atom stereocenters. The molecule has 0 bridgehead atoms. The summed E-state index contributed by atoms with van der Waals surface area (Å²) < 4.78 is 5.17. The zero-order chi connectivity index (χ0) is 16.7. The normalized spacial score (nSPS) is 11.9. The molecule has 23 heavy (non-hydrogen) atoms. The minimum absolute atomic E-state index is 0.658. The molecule has 0 fully saturated rings. The Labute approximate surface area is 135 Å². The Morgan fingerprint density at radius 2 is 1.78 bits per heavy atom. The zero-order valence-electron chi connectivity index (χ0n) is 13.1. The van der Waals surface area contributed by atoms with Crippen molar-refractivity contribution in [3.05, 3.63) is 65.7 Å². The van der Waals surface area contributed by atoms with E-state index in [-0.39, 0.29) is 0 Å². The van der Waals surface area contributed by atoms with E-state index in [0.717, 1.165) is 22.4 Å². The van der Waals surface area contributed by atoms with Crippen LogP contribution >= 0.6 is 0 Å². The number of carbonyl (C=O) groups is 1. The molecule has 2 rings (SSSR count). The number of methoxy groups -OCH3 is 1. The number of benzene rings is 2. The Kier molecular flexibility index (Phi) is 5.52. The lowest BCUT2D eigenvalue weighted by Gasteiger charge is -2.09. The highest BCUT2D eigenvalue weighted by molar-refractivity contribution is 6.27. The molecule has 0 radical (unpaired) electrons. The number of primary amides is 1. The lowest BCUT2D eigenvalue weighted by molar-refractivity contribution is 0.249. The highest BCUT2D eigenvalue weighted by atomic mass is 16.5. The van der Waals surface area contributed by atoms with Gasteiger partial charge in [-0.25, -0.2) is 10.2 Å². The highest BCUT2D eigenvalue weighted by Crippen LogP contribution is 2.21. The summed E-state index contributed by atoms with van der Waals surface area (Å²) in [6.45, 7) is 1.82. The van der Waals surface area contributed by atoms with Crippen LogP contribution in [0.1, 0.15) is 18.1 Å². The first-order valence-corrected chi connectivity index (χ1v) is 7.11. The Balaban J connectivity index is 2.41. The average Bonchev–Trinajstić information content (AvgIpc) is 2.59. The van der Waals surface area contributed by atoms with Crippen LogP contribution in [0.2, 0.25) is 0 Å². The van der Waals surface area contributed by atoms with E-state index in [1.165, 1.54) is 0 Å². The summed E-state index contributed by atoms with van der Waals surface area (Å²) in [4.78, 5) is 10.9. The quantitative estimate of drug-likeness (QED) is 0.505. The maximum absolute atomic E-state index is 10.9. The summed E-state index contributed by atoms with van der Waals surface area (Å²) in [6, 6.07) is 16.8. The molecule has 2 amide bonds. The molecule has 0 aliphatic rings. The Bertz CT molecular complexity index is 720. The van der Waals surface area contributed by atoms with Crippen LogP contribution in [0.5, 0.6) is 5.75 Å². The van der Waals surface area contributed by atoms with Gasteiger partial charge < -0.3 is 10.5 Å². The number of hydrogen-bond donors (Lipinski definition) is 2. The minimum Gasteiger partial charge on any atom is -0.497 e. The molecule has 2 aromatic carbocycles. The Hall–Kier alpha value is -3.08. The molecular weight excluding hydrogens is 290 g/mol. The number of nitrogens with two attached hydrogens (primary N) is 1. The molecule has 0 heterocycles. The topological polar surface area (TPSA) is 76.7 Å². The molecule has 0 unspecified atom stereocenters. The van der Waals surface area contributed by atoms with E-state index < -0.39 is 6.03 Å². The molecule has 0 aliphatic carbocycles. The molecular formula is C18H19N3O2.